The minimum absolute atomic E-state index is 0.0172. The maximum absolute atomic E-state index is 12.7. The van der Waals surface area contributed by atoms with Gasteiger partial charge in [-0.2, -0.15) is 0 Å². The fraction of sp³-hybridized carbons (Fsp3) is 0.259. The van der Waals surface area contributed by atoms with Gasteiger partial charge < -0.3 is 15.0 Å². The average Bonchev–Trinajstić information content (AvgIpc) is 2.85. The Balaban J connectivity index is 1.36. The first-order valence-corrected chi connectivity index (χ1v) is 11.1. The first-order chi connectivity index (χ1) is 15.6. The summed E-state index contributed by atoms with van der Waals surface area (Å²) in [5.74, 6) is 0.379. The van der Waals surface area contributed by atoms with Crippen molar-refractivity contribution in [2.45, 2.75) is 32.3 Å². The highest BCUT2D eigenvalue weighted by Crippen LogP contribution is 2.23. The summed E-state index contributed by atoms with van der Waals surface area (Å²) in [4.78, 5) is 27.3. The predicted molar refractivity (Wildman–Crippen MR) is 127 cm³/mol. The lowest BCUT2D eigenvalue weighted by molar-refractivity contribution is -0.122. The summed E-state index contributed by atoms with van der Waals surface area (Å²) in [7, 11) is 0. The van der Waals surface area contributed by atoms with E-state index in [2.05, 4.69) is 17.4 Å². The van der Waals surface area contributed by atoms with Crippen LogP contribution >= 0.6 is 0 Å². The third-order valence-electron chi connectivity index (χ3n) is 5.66. The predicted octanol–water partition coefficient (Wildman–Crippen LogP) is 5.39. The van der Waals surface area contributed by atoms with Crippen molar-refractivity contribution < 1.29 is 14.3 Å². The first-order valence-electron chi connectivity index (χ1n) is 11.1. The van der Waals surface area contributed by atoms with E-state index in [0.29, 0.717) is 17.0 Å². The molecule has 4 rings (SSSR count). The molecule has 1 heterocycles. The highest BCUT2D eigenvalue weighted by atomic mass is 16.5. The third kappa shape index (κ3) is 5.35. The lowest BCUT2D eigenvalue weighted by atomic mass is 10.1. The summed E-state index contributed by atoms with van der Waals surface area (Å²) >= 11 is 0. The molecule has 1 aliphatic heterocycles. The number of piperidine rings is 1. The lowest BCUT2D eigenvalue weighted by Gasteiger charge is -2.26. The van der Waals surface area contributed by atoms with Crippen molar-refractivity contribution in [3.8, 4) is 16.9 Å². The standard InChI is InChI=1S/C27H28N2O3/c1-20(32-25-15-13-22(14-16-25)21-9-4-2-5-10-21)26(30)28-24-12-8-11-23(19-24)27(31)29-17-6-3-7-18-29/h2,4-5,8-16,19-20H,3,6-7,17-18H2,1H3,(H,28,30). The van der Waals surface area contributed by atoms with Crippen LogP contribution in [0.15, 0.2) is 78.9 Å². The molecule has 0 bridgehead atoms. The van der Waals surface area contributed by atoms with Crippen molar-refractivity contribution in [2.24, 2.45) is 0 Å². The van der Waals surface area contributed by atoms with Gasteiger partial charge in [0.15, 0.2) is 6.10 Å². The minimum atomic E-state index is -0.681. The van der Waals surface area contributed by atoms with E-state index >= 15 is 0 Å². The van der Waals surface area contributed by atoms with Gasteiger partial charge >= 0.3 is 0 Å². The Bertz CT molecular complexity index is 1060. The number of carbonyl (C=O) groups is 2. The van der Waals surface area contributed by atoms with Gasteiger partial charge in [0.25, 0.3) is 11.8 Å². The number of carbonyl (C=O) groups excluding carboxylic acids is 2. The summed E-state index contributed by atoms with van der Waals surface area (Å²) in [6.07, 6.45) is 2.58. The molecule has 0 radical (unpaired) electrons. The molecule has 3 aromatic rings. The van der Waals surface area contributed by atoms with E-state index in [-0.39, 0.29) is 11.8 Å². The Morgan fingerprint density at radius 2 is 1.53 bits per heavy atom. The second-order valence-corrected chi connectivity index (χ2v) is 8.07. The topological polar surface area (TPSA) is 58.6 Å². The molecule has 1 aliphatic rings. The van der Waals surface area contributed by atoms with Crippen LogP contribution in [0.2, 0.25) is 0 Å². The number of likely N-dealkylation sites (tertiary alicyclic amines) is 1. The average molecular weight is 429 g/mol. The summed E-state index contributed by atoms with van der Waals surface area (Å²) < 4.78 is 5.82. The fourth-order valence-electron chi connectivity index (χ4n) is 3.87. The SMILES string of the molecule is CC(Oc1ccc(-c2ccccc2)cc1)C(=O)Nc1cccc(C(=O)N2CCCCC2)c1. The Morgan fingerprint density at radius 3 is 2.25 bits per heavy atom. The van der Waals surface area contributed by atoms with Gasteiger partial charge in [0.05, 0.1) is 0 Å². The van der Waals surface area contributed by atoms with Crippen molar-refractivity contribution in [2.75, 3.05) is 18.4 Å². The van der Waals surface area contributed by atoms with Crippen molar-refractivity contribution in [3.05, 3.63) is 84.4 Å². The van der Waals surface area contributed by atoms with Crippen LogP contribution in [0.4, 0.5) is 5.69 Å². The molecule has 1 saturated heterocycles. The van der Waals surface area contributed by atoms with E-state index in [9.17, 15) is 9.59 Å². The van der Waals surface area contributed by atoms with Crippen molar-refractivity contribution in [3.63, 3.8) is 0 Å². The van der Waals surface area contributed by atoms with Crippen LogP contribution < -0.4 is 10.1 Å². The molecule has 1 unspecified atom stereocenters. The fourth-order valence-corrected chi connectivity index (χ4v) is 3.87. The number of rotatable bonds is 6. The Morgan fingerprint density at radius 1 is 0.844 bits per heavy atom. The molecule has 164 valence electrons. The maximum atomic E-state index is 12.7. The molecule has 5 heteroatoms. The van der Waals surface area contributed by atoms with Crippen molar-refractivity contribution >= 4 is 17.5 Å². The number of ether oxygens (including phenoxy) is 1. The third-order valence-corrected chi connectivity index (χ3v) is 5.66. The van der Waals surface area contributed by atoms with E-state index in [0.717, 1.165) is 37.1 Å². The van der Waals surface area contributed by atoms with Gasteiger partial charge in [0, 0.05) is 24.3 Å². The van der Waals surface area contributed by atoms with Gasteiger partial charge in [-0.3, -0.25) is 9.59 Å². The van der Waals surface area contributed by atoms with Crippen LogP contribution in [0, 0.1) is 0 Å². The molecule has 0 saturated carbocycles. The van der Waals surface area contributed by atoms with Gasteiger partial charge in [-0.05, 0) is 67.6 Å². The normalized spacial score (nSPS) is 14.5. The van der Waals surface area contributed by atoms with Crippen molar-refractivity contribution in [1.29, 1.82) is 0 Å². The molecule has 2 amide bonds. The molecule has 0 spiro atoms. The molecular weight excluding hydrogens is 400 g/mol. The van der Waals surface area contributed by atoms with Gasteiger partial charge in [-0.15, -0.1) is 0 Å². The summed E-state index contributed by atoms with van der Waals surface area (Å²) in [6, 6.07) is 24.9. The summed E-state index contributed by atoms with van der Waals surface area (Å²) in [5.41, 5.74) is 3.40. The summed E-state index contributed by atoms with van der Waals surface area (Å²) in [6.45, 7) is 3.30. The van der Waals surface area contributed by atoms with Crippen LogP contribution in [0.25, 0.3) is 11.1 Å². The number of nitrogens with zero attached hydrogens (tertiary/aromatic N) is 1. The van der Waals surface area contributed by atoms with E-state index in [1.807, 2.05) is 47.4 Å². The zero-order valence-electron chi connectivity index (χ0n) is 18.3. The smallest absolute Gasteiger partial charge is 0.265 e. The van der Waals surface area contributed by atoms with Gasteiger partial charge in [-0.1, -0.05) is 48.5 Å². The van der Waals surface area contributed by atoms with Gasteiger partial charge in [-0.25, -0.2) is 0 Å². The summed E-state index contributed by atoms with van der Waals surface area (Å²) in [5, 5.41) is 2.86. The molecule has 0 aliphatic carbocycles. The number of nitrogens with one attached hydrogen (secondary N) is 1. The molecule has 0 aromatic heterocycles. The van der Waals surface area contributed by atoms with Crippen LogP contribution in [-0.2, 0) is 4.79 Å². The molecule has 1 fully saturated rings. The van der Waals surface area contributed by atoms with Gasteiger partial charge in [0.1, 0.15) is 5.75 Å². The van der Waals surface area contributed by atoms with E-state index in [1.54, 1.807) is 31.2 Å². The number of benzene rings is 3. The highest BCUT2D eigenvalue weighted by Gasteiger charge is 2.19. The Labute approximate surface area is 189 Å². The molecule has 1 atom stereocenters. The van der Waals surface area contributed by atoms with Gasteiger partial charge in [0.2, 0.25) is 0 Å². The maximum Gasteiger partial charge on any atom is 0.265 e. The molecular formula is C27H28N2O3. The number of hydrogen-bond donors (Lipinski definition) is 1. The lowest BCUT2D eigenvalue weighted by Crippen LogP contribution is -2.35. The van der Waals surface area contributed by atoms with E-state index < -0.39 is 6.10 Å². The molecule has 1 N–H and O–H groups in total. The van der Waals surface area contributed by atoms with Crippen LogP contribution in [0.5, 0.6) is 5.75 Å². The van der Waals surface area contributed by atoms with Crippen molar-refractivity contribution in [1.82, 2.24) is 4.90 Å². The first kappa shape index (κ1) is 21.6. The molecule has 3 aromatic carbocycles. The van der Waals surface area contributed by atoms with E-state index in [4.69, 9.17) is 4.74 Å². The van der Waals surface area contributed by atoms with Crippen LogP contribution in [-0.4, -0.2) is 35.9 Å². The number of hydrogen-bond acceptors (Lipinski definition) is 3. The largest absolute Gasteiger partial charge is 0.481 e. The Hall–Kier alpha value is -3.60. The number of amides is 2. The molecule has 5 nitrogen and oxygen atoms in total. The zero-order chi connectivity index (χ0) is 22.3. The quantitative estimate of drug-likeness (QED) is 0.573. The highest BCUT2D eigenvalue weighted by molar-refractivity contribution is 5.98. The second-order valence-electron chi connectivity index (χ2n) is 8.07. The van der Waals surface area contributed by atoms with E-state index in [1.165, 1.54) is 6.42 Å². The Kier molecular flexibility index (Phi) is 6.85. The number of anilines is 1. The van der Waals surface area contributed by atoms with Crippen LogP contribution in [0.1, 0.15) is 36.5 Å². The molecule has 32 heavy (non-hydrogen) atoms. The minimum Gasteiger partial charge on any atom is -0.481 e. The second kappa shape index (κ2) is 10.1. The zero-order valence-corrected chi connectivity index (χ0v) is 18.3. The monoisotopic (exact) mass is 428 g/mol. The van der Waals surface area contributed by atoms with Crippen LogP contribution in [0.3, 0.4) is 0 Å².